The number of benzene rings is 2. The number of allylic oxidation sites excluding steroid dienone is 1. The lowest BCUT2D eigenvalue weighted by Crippen LogP contribution is -2.45. The minimum absolute atomic E-state index is 0.116. The summed E-state index contributed by atoms with van der Waals surface area (Å²) in [5.41, 5.74) is 10.5. The van der Waals surface area contributed by atoms with Crippen LogP contribution in [0.2, 0.25) is 0 Å². The Morgan fingerprint density at radius 2 is 1.79 bits per heavy atom. The number of hydrazone groups is 1. The highest BCUT2D eigenvalue weighted by atomic mass is 16.5. The van der Waals surface area contributed by atoms with Crippen molar-refractivity contribution in [3.8, 4) is 17.2 Å². The van der Waals surface area contributed by atoms with Crippen molar-refractivity contribution in [1.82, 2.24) is 20.6 Å². The number of carbonyl (C=O) groups excluding carboxylic acids is 2. The van der Waals surface area contributed by atoms with E-state index in [2.05, 4.69) is 57.8 Å². The van der Waals surface area contributed by atoms with Crippen LogP contribution in [0.4, 0.5) is 4.79 Å². The van der Waals surface area contributed by atoms with Crippen LogP contribution < -0.4 is 25.5 Å². The summed E-state index contributed by atoms with van der Waals surface area (Å²) in [5, 5.41) is 20.1. The molecule has 0 fully saturated rings. The predicted molar refractivity (Wildman–Crippen MR) is 164 cm³/mol. The number of esters is 1. The Bertz CT molecular complexity index is 1550. The first-order chi connectivity index (χ1) is 20.5. The first-order valence-electron chi connectivity index (χ1n) is 14.0. The number of methoxy groups -OCH3 is 1. The van der Waals surface area contributed by atoms with Crippen LogP contribution in [0.1, 0.15) is 53.5 Å². The molecule has 0 radical (unpaired) electrons. The van der Waals surface area contributed by atoms with Gasteiger partial charge in [-0.2, -0.15) is 5.10 Å². The Labute approximate surface area is 251 Å². The first kappa shape index (κ1) is 31.2. The van der Waals surface area contributed by atoms with Crippen molar-refractivity contribution in [2.75, 3.05) is 20.3 Å². The average molecular weight is 590 g/mol. The quantitative estimate of drug-likeness (QED) is 0.114. The molecule has 43 heavy (non-hydrogen) atoms. The number of urea groups is 1. The van der Waals surface area contributed by atoms with Crippen LogP contribution in [-0.4, -0.2) is 54.4 Å². The topological polar surface area (TPSA) is 135 Å². The van der Waals surface area contributed by atoms with Gasteiger partial charge in [-0.1, -0.05) is 12.1 Å². The molecule has 0 spiro atoms. The first-order valence-corrected chi connectivity index (χ1v) is 14.0. The Kier molecular flexibility index (Phi) is 9.77. The molecule has 4 rings (SSSR count). The fraction of sp³-hybridized carbons (Fsp3) is 0.344. The van der Waals surface area contributed by atoms with Gasteiger partial charge in [0.1, 0.15) is 6.61 Å². The fourth-order valence-corrected chi connectivity index (χ4v) is 5.21. The van der Waals surface area contributed by atoms with Gasteiger partial charge in [-0.05, 0) is 88.6 Å². The van der Waals surface area contributed by atoms with Crippen LogP contribution >= 0.6 is 0 Å². The highest BCUT2D eigenvalue weighted by Gasteiger charge is 2.32. The minimum Gasteiger partial charge on any atom is -0.490 e. The number of aliphatic hydroxyl groups excluding tert-OH is 1. The molecule has 3 aromatic rings. The number of nitrogens with zero attached hydrogens (tertiary/aromatic N) is 2. The third-order valence-electron chi connectivity index (χ3n) is 7.03. The van der Waals surface area contributed by atoms with E-state index in [4.69, 9.17) is 14.2 Å². The summed E-state index contributed by atoms with van der Waals surface area (Å²) in [4.78, 5) is 24.6. The van der Waals surface area contributed by atoms with Crippen LogP contribution in [0.3, 0.4) is 0 Å². The number of ether oxygens (including phenoxy) is 3. The van der Waals surface area contributed by atoms with Gasteiger partial charge in [-0.25, -0.2) is 9.59 Å². The second-order valence-electron chi connectivity index (χ2n) is 10.4. The Balaban J connectivity index is 1.44. The molecule has 2 atom stereocenters. The maximum absolute atomic E-state index is 12.5. The summed E-state index contributed by atoms with van der Waals surface area (Å²) in [6, 6.07) is 12.4. The number of aromatic nitrogens is 1. The molecule has 0 saturated heterocycles. The molecule has 2 heterocycles. The zero-order valence-corrected chi connectivity index (χ0v) is 25.6. The van der Waals surface area contributed by atoms with Gasteiger partial charge >= 0.3 is 12.0 Å². The zero-order chi connectivity index (χ0) is 31.3. The Morgan fingerprint density at radius 1 is 1.07 bits per heavy atom. The summed E-state index contributed by atoms with van der Waals surface area (Å²) in [5.74, 6) is 0.215. The van der Waals surface area contributed by atoms with Gasteiger partial charge in [0.25, 0.3) is 0 Å². The van der Waals surface area contributed by atoms with Crippen molar-refractivity contribution in [2.45, 2.75) is 53.8 Å². The molecule has 0 aliphatic carbocycles. The molecule has 2 amide bonds. The number of carbonyl (C=O) groups is 2. The number of hydrogen-bond acceptors (Lipinski definition) is 8. The van der Waals surface area contributed by atoms with Gasteiger partial charge in [0, 0.05) is 28.3 Å². The van der Waals surface area contributed by atoms with E-state index < -0.39 is 24.3 Å². The van der Waals surface area contributed by atoms with Crippen LogP contribution in [-0.2, 0) is 9.53 Å². The normalized spacial score (nSPS) is 15.6. The van der Waals surface area contributed by atoms with E-state index in [0.717, 1.165) is 22.6 Å². The minimum atomic E-state index is -1.10. The number of rotatable bonds is 11. The molecule has 1 aromatic heterocycles. The number of amides is 2. The van der Waals surface area contributed by atoms with Gasteiger partial charge < -0.3 is 34.5 Å². The van der Waals surface area contributed by atoms with E-state index >= 15 is 0 Å². The smallest absolute Gasteiger partial charge is 0.337 e. The number of nitrogens with one attached hydrogen (secondary N) is 3. The summed E-state index contributed by atoms with van der Waals surface area (Å²) in [6.07, 6.45) is 0.570. The maximum atomic E-state index is 12.5. The standard InChI is InChI=1S/C32H39N5O6/c1-8-42-27-15-23(30-29(31(39)41-7)21(5)34-32(40)35-30)9-10-26(27)43-17-28(38)36-33-16-24-14-20(4)37(22(24)6)25-12-18(2)11-19(3)13-25/h9-16,28,30,36,38H,8,17H2,1-7H3,(H2,34,35,40)/b33-16-/t28-,30-/m0/s1. The van der Waals surface area contributed by atoms with Crippen LogP contribution in [0.25, 0.3) is 5.69 Å². The lowest BCUT2D eigenvalue weighted by Gasteiger charge is -2.28. The molecule has 4 N–H and O–H groups in total. The highest BCUT2D eigenvalue weighted by Crippen LogP contribution is 2.35. The summed E-state index contributed by atoms with van der Waals surface area (Å²) in [7, 11) is 1.28. The molecule has 1 aliphatic heterocycles. The molecule has 0 bridgehead atoms. The molecule has 1 aliphatic rings. The molecule has 0 unspecified atom stereocenters. The number of hydrogen-bond donors (Lipinski definition) is 4. The summed E-state index contributed by atoms with van der Waals surface area (Å²) in [6.45, 7) is 11.9. The average Bonchev–Trinajstić information content (AvgIpc) is 3.23. The SMILES string of the molecule is CCOc1cc([C@@H]2NC(=O)NC(C)=C2C(=O)OC)ccc1OC[C@H](O)N/N=C\c1cc(C)n(-c2cc(C)cc(C)c2)c1C. The van der Waals surface area contributed by atoms with Crippen molar-refractivity contribution >= 4 is 18.2 Å². The number of aryl methyl sites for hydroxylation is 3. The predicted octanol–water partition coefficient (Wildman–Crippen LogP) is 4.23. The van der Waals surface area contributed by atoms with E-state index in [1.165, 1.54) is 18.2 Å². The molecule has 228 valence electrons. The van der Waals surface area contributed by atoms with E-state index in [-0.39, 0.29) is 12.2 Å². The Morgan fingerprint density at radius 3 is 2.47 bits per heavy atom. The van der Waals surface area contributed by atoms with Crippen LogP contribution in [0, 0.1) is 27.7 Å². The van der Waals surface area contributed by atoms with Crippen molar-refractivity contribution < 1.29 is 28.9 Å². The van der Waals surface area contributed by atoms with E-state index in [9.17, 15) is 14.7 Å². The van der Waals surface area contributed by atoms with Crippen molar-refractivity contribution in [3.05, 3.63) is 87.4 Å². The summed E-state index contributed by atoms with van der Waals surface area (Å²) >= 11 is 0. The second kappa shape index (κ2) is 13.5. The third-order valence-corrected chi connectivity index (χ3v) is 7.03. The van der Waals surface area contributed by atoms with Gasteiger partial charge in [0.05, 0.1) is 31.5 Å². The molecular formula is C32H39N5O6. The number of aliphatic hydroxyl groups is 1. The Hall–Kier alpha value is -4.77. The third kappa shape index (κ3) is 7.18. The van der Waals surface area contributed by atoms with Gasteiger partial charge in [0.2, 0.25) is 0 Å². The molecule has 2 aromatic carbocycles. The fourth-order valence-electron chi connectivity index (χ4n) is 5.21. The van der Waals surface area contributed by atoms with Gasteiger partial charge in [0.15, 0.2) is 17.7 Å². The molecule has 11 nitrogen and oxygen atoms in total. The molecule has 11 heteroatoms. The van der Waals surface area contributed by atoms with E-state index in [1.54, 1.807) is 31.3 Å². The molecular weight excluding hydrogens is 550 g/mol. The summed E-state index contributed by atoms with van der Waals surface area (Å²) < 4.78 is 18.7. The molecule has 0 saturated carbocycles. The lowest BCUT2D eigenvalue weighted by molar-refractivity contribution is -0.136. The van der Waals surface area contributed by atoms with E-state index in [1.807, 2.05) is 26.8 Å². The van der Waals surface area contributed by atoms with Crippen molar-refractivity contribution in [2.24, 2.45) is 5.10 Å². The van der Waals surface area contributed by atoms with Crippen LogP contribution in [0.5, 0.6) is 11.5 Å². The maximum Gasteiger partial charge on any atom is 0.337 e. The largest absolute Gasteiger partial charge is 0.490 e. The van der Waals surface area contributed by atoms with Crippen molar-refractivity contribution in [1.29, 1.82) is 0 Å². The van der Waals surface area contributed by atoms with Gasteiger partial charge in [-0.3, -0.25) is 5.43 Å². The van der Waals surface area contributed by atoms with Crippen LogP contribution in [0.15, 0.2) is 58.8 Å². The zero-order valence-electron chi connectivity index (χ0n) is 25.6. The van der Waals surface area contributed by atoms with Gasteiger partial charge in [-0.15, -0.1) is 0 Å². The highest BCUT2D eigenvalue weighted by molar-refractivity contribution is 5.95. The second-order valence-corrected chi connectivity index (χ2v) is 10.4. The van der Waals surface area contributed by atoms with E-state index in [0.29, 0.717) is 29.4 Å². The van der Waals surface area contributed by atoms with Crippen molar-refractivity contribution in [3.63, 3.8) is 0 Å². The monoisotopic (exact) mass is 589 g/mol. The lowest BCUT2D eigenvalue weighted by atomic mass is 9.95.